The number of piperidine rings is 1. The van der Waals surface area contributed by atoms with Crippen molar-refractivity contribution in [3.63, 3.8) is 0 Å². The van der Waals surface area contributed by atoms with E-state index in [-0.39, 0.29) is 23.1 Å². The molecule has 2 unspecified atom stereocenters. The van der Waals surface area contributed by atoms with E-state index in [2.05, 4.69) is 5.32 Å². The highest BCUT2D eigenvalue weighted by Crippen LogP contribution is 2.36. The van der Waals surface area contributed by atoms with Gasteiger partial charge in [0.05, 0.1) is 6.61 Å². The highest BCUT2D eigenvalue weighted by Gasteiger charge is 2.44. The Labute approximate surface area is 90.4 Å². The van der Waals surface area contributed by atoms with Crippen LogP contribution in [0, 0.1) is 11.3 Å². The van der Waals surface area contributed by atoms with Gasteiger partial charge in [-0.3, -0.25) is 14.9 Å². The molecule has 0 spiro atoms. The van der Waals surface area contributed by atoms with Crippen molar-refractivity contribution >= 4 is 11.8 Å². The molecule has 2 amide bonds. The first kappa shape index (κ1) is 12.2. The third kappa shape index (κ3) is 2.56. The maximum absolute atomic E-state index is 11.6. The Kier molecular flexibility index (Phi) is 3.85. The number of ether oxygens (including phenoxy) is 1. The predicted molar refractivity (Wildman–Crippen MR) is 56.1 cm³/mol. The lowest BCUT2D eigenvalue weighted by Crippen LogP contribution is -2.52. The minimum absolute atomic E-state index is 0.123. The molecule has 4 heteroatoms. The van der Waals surface area contributed by atoms with Crippen molar-refractivity contribution in [3.8, 4) is 0 Å². The average molecular weight is 213 g/mol. The van der Waals surface area contributed by atoms with Gasteiger partial charge >= 0.3 is 0 Å². The molecule has 0 aromatic carbocycles. The molecule has 0 aromatic rings. The molecule has 1 fully saturated rings. The number of carbonyl (C=O) groups excluding carboxylic acids is 2. The number of amides is 2. The lowest BCUT2D eigenvalue weighted by molar-refractivity contribution is -0.146. The highest BCUT2D eigenvalue weighted by molar-refractivity contribution is 5.99. The summed E-state index contributed by atoms with van der Waals surface area (Å²) in [5.74, 6) is -0.468. The number of imide groups is 1. The van der Waals surface area contributed by atoms with Gasteiger partial charge in [-0.25, -0.2) is 0 Å². The second-order valence-electron chi connectivity index (χ2n) is 4.34. The first-order valence-electron chi connectivity index (χ1n) is 5.45. The fourth-order valence-electron chi connectivity index (χ4n) is 2.24. The summed E-state index contributed by atoms with van der Waals surface area (Å²) in [6, 6.07) is 0. The van der Waals surface area contributed by atoms with Crippen LogP contribution in [-0.2, 0) is 14.3 Å². The molecule has 0 saturated carbocycles. The molecule has 0 radical (unpaired) electrons. The number of hydrogen-bond donors (Lipinski definition) is 1. The maximum atomic E-state index is 11.6. The smallest absolute Gasteiger partial charge is 0.230 e. The second-order valence-corrected chi connectivity index (χ2v) is 4.34. The Balaban J connectivity index is 2.80. The second kappa shape index (κ2) is 4.75. The molecule has 1 rings (SSSR count). The average Bonchev–Trinajstić information content (AvgIpc) is 2.14. The van der Waals surface area contributed by atoms with Gasteiger partial charge in [-0.2, -0.15) is 0 Å². The van der Waals surface area contributed by atoms with E-state index in [9.17, 15) is 9.59 Å². The minimum atomic E-state index is -0.343. The van der Waals surface area contributed by atoms with E-state index in [1.54, 1.807) is 0 Å². The molecule has 15 heavy (non-hydrogen) atoms. The third-order valence-electron chi connectivity index (χ3n) is 3.03. The normalized spacial score (nSPS) is 31.5. The van der Waals surface area contributed by atoms with E-state index in [1.165, 1.54) is 0 Å². The molecule has 1 heterocycles. The van der Waals surface area contributed by atoms with Crippen molar-refractivity contribution in [1.29, 1.82) is 0 Å². The Morgan fingerprint density at radius 3 is 2.67 bits per heavy atom. The molecule has 1 aliphatic rings. The van der Waals surface area contributed by atoms with Gasteiger partial charge in [-0.15, -0.1) is 0 Å². The zero-order valence-electron chi connectivity index (χ0n) is 9.63. The standard InChI is InChI=1S/C11H19NO3/c1-4-8-10(14)12-9(13)6-11(8,3)7-15-5-2/h8H,4-7H2,1-3H3,(H,12,13,14). The number of hydrogen-bond acceptors (Lipinski definition) is 3. The molecule has 1 saturated heterocycles. The van der Waals surface area contributed by atoms with Crippen LogP contribution in [0.3, 0.4) is 0 Å². The van der Waals surface area contributed by atoms with Crippen LogP contribution in [0.1, 0.15) is 33.6 Å². The lowest BCUT2D eigenvalue weighted by atomic mass is 9.71. The number of rotatable bonds is 4. The molecule has 2 atom stereocenters. The van der Waals surface area contributed by atoms with Gasteiger partial charge in [0.2, 0.25) is 11.8 Å². The zero-order valence-corrected chi connectivity index (χ0v) is 9.63. The van der Waals surface area contributed by atoms with Gasteiger partial charge in [-0.1, -0.05) is 13.8 Å². The van der Waals surface area contributed by atoms with Crippen molar-refractivity contribution in [1.82, 2.24) is 5.32 Å². The molecular weight excluding hydrogens is 194 g/mol. The summed E-state index contributed by atoms with van der Waals surface area (Å²) in [5.41, 5.74) is -0.343. The fraction of sp³-hybridized carbons (Fsp3) is 0.818. The van der Waals surface area contributed by atoms with E-state index >= 15 is 0 Å². The van der Waals surface area contributed by atoms with Crippen LogP contribution in [0.2, 0.25) is 0 Å². The molecular formula is C11H19NO3. The molecule has 0 aliphatic carbocycles. The van der Waals surface area contributed by atoms with Crippen LogP contribution in [-0.4, -0.2) is 25.0 Å². The SMILES string of the molecule is CCOCC1(C)CC(=O)NC(=O)C1CC. The molecule has 4 nitrogen and oxygen atoms in total. The zero-order chi connectivity index (χ0) is 11.5. The van der Waals surface area contributed by atoms with Crippen molar-refractivity contribution in [3.05, 3.63) is 0 Å². The van der Waals surface area contributed by atoms with Gasteiger partial charge in [-0.05, 0) is 13.3 Å². The predicted octanol–water partition coefficient (Wildman–Crippen LogP) is 1.10. The minimum Gasteiger partial charge on any atom is -0.381 e. The van der Waals surface area contributed by atoms with Crippen LogP contribution in [0.15, 0.2) is 0 Å². The lowest BCUT2D eigenvalue weighted by Gasteiger charge is -2.38. The van der Waals surface area contributed by atoms with Crippen LogP contribution in [0.25, 0.3) is 0 Å². The summed E-state index contributed by atoms with van der Waals surface area (Å²) in [6.07, 6.45) is 1.11. The Morgan fingerprint density at radius 2 is 2.13 bits per heavy atom. The Hall–Kier alpha value is -0.900. The van der Waals surface area contributed by atoms with E-state index in [0.717, 1.165) is 6.42 Å². The highest BCUT2D eigenvalue weighted by atomic mass is 16.5. The molecule has 0 bridgehead atoms. The maximum Gasteiger partial charge on any atom is 0.230 e. The third-order valence-corrected chi connectivity index (χ3v) is 3.03. The monoisotopic (exact) mass is 213 g/mol. The van der Waals surface area contributed by atoms with Gasteiger partial charge < -0.3 is 4.74 Å². The van der Waals surface area contributed by atoms with Crippen molar-refractivity contribution in [2.45, 2.75) is 33.6 Å². The summed E-state index contributed by atoms with van der Waals surface area (Å²) in [6.45, 7) is 6.91. The van der Waals surface area contributed by atoms with Gasteiger partial charge in [0.15, 0.2) is 0 Å². The molecule has 0 aromatic heterocycles. The molecule has 1 aliphatic heterocycles. The van der Waals surface area contributed by atoms with Crippen molar-refractivity contribution in [2.24, 2.45) is 11.3 Å². The summed E-state index contributed by atoms with van der Waals surface area (Å²) in [5, 5.41) is 2.38. The summed E-state index contributed by atoms with van der Waals surface area (Å²) in [7, 11) is 0. The Bertz CT molecular complexity index is 265. The quantitative estimate of drug-likeness (QED) is 0.711. The van der Waals surface area contributed by atoms with Crippen LogP contribution >= 0.6 is 0 Å². The topological polar surface area (TPSA) is 55.4 Å². The fourth-order valence-corrected chi connectivity index (χ4v) is 2.24. The van der Waals surface area contributed by atoms with E-state index in [0.29, 0.717) is 19.6 Å². The van der Waals surface area contributed by atoms with Crippen molar-refractivity contribution in [2.75, 3.05) is 13.2 Å². The van der Waals surface area contributed by atoms with Crippen molar-refractivity contribution < 1.29 is 14.3 Å². The molecule has 1 N–H and O–H groups in total. The summed E-state index contributed by atoms with van der Waals surface area (Å²) < 4.78 is 5.37. The van der Waals surface area contributed by atoms with Gasteiger partial charge in [0, 0.05) is 24.4 Å². The summed E-state index contributed by atoms with van der Waals surface area (Å²) in [4.78, 5) is 23.0. The van der Waals surface area contributed by atoms with Crippen LogP contribution in [0.5, 0.6) is 0 Å². The van der Waals surface area contributed by atoms with Crippen LogP contribution in [0.4, 0.5) is 0 Å². The number of carbonyl (C=O) groups is 2. The largest absolute Gasteiger partial charge is 0.381 e. The Morgan fingerprint density at radius 1 is 1.47 bits per heavy atom. The van der Waals surface area contributed by atoms with E-state index in [1.807, 2.05) is 20.8 Å². The van der Waals surface area contributed by atoms with E-state index < -0.39 is 0 Å². The van der Waals surface area contributed by atoms with E-state index in [4.69, 9.17) is 4.74 Å². The first-order valence-corrected chi connectivity index (χ1v) is 5.45. The van der Waals surface area contributed by atoms with Gasteiger partial charge in [0.25, 0.3) is 0 Å². The summed E-state index contributed by atoms with van der Waals surface area (Å²) >= 11 is 0. The first-order chi connectivity index (χ1) is 7.03. The van der Waals surface area contributed by atoms with Crippen LogP contribution < -0.4 is 5.32 Å². The van der Waals surface area contributed by atoms with Gasteiger partial charge in [0.1, 0.15) is 0 Å². The molecule has 86 valence electrons. The number of nitrogens with one attached hydrogen (secondary N) is 1.